The Morgan fingerprint density at radius 3 is 0.857 bits per heavy atom. The number of ketones is 4. The van der Waals surface area contributed by atoms with Crippen LogP contribution in [0.3, 0.4) is 0 Å². The molecule has 0 heterocycles. The molecule has 5 heteroatoms. The van der Waals surface area contributed by atoms with Gasteiger partial charge in [0.1, 0.15) is 11.6 Å². The number of hydrogen-bond acceptors (Lipinski definition) is 4. The molecule has 0 aromatic heterocycles. The minimum atomic E-state index is -0.312. The third kappa shape index (κ3) is 110. The zero-order valence-corrected chi connectivity index (χ0v) is 15.7. The van der Waals surface area contributed by atoms with E-state index in [4.69, 9.17) is 0 Å². The van der Waals surface area contributed by atoms with Crippen LogP contribution in [-0.2, 0) is 40.9 Å². The Balaban J connectivity index is -0.0000000576. The second-order valence-electron chi connectivity index (χ2n) is 3.99. The fraction of sp³-hybridized carbons (Fsp3) is 0.500. The molecule has 0 radical (unpaired) electrons. The molecule has 0 aliphatic carbocycles. The van der Waals surface area contributed by atoms with Crippen molar-refractivity contribution < 1.29 is 40.9 Å². The summed E-state index contributed by atoms with van der Waals surface area (Å²) in [5.74, 6) is -0.875. The number of rotatable bonds is 4. The van der Waals surface area contributed by atoms with Crippen molar-refractivity contribution in [2.75, 3.05) is 0 Å². The zero-order valence-electron chi connectivity index (χ0n) is 14.1. The van der Waals surface area contributed by atoms with E-state index in [9.17, 15) is 19.2 Å². The Morgan fingerprint density at radius 2 is 0.857 bits per heavy atom. The summed E-state index contributed by atoms with van der Waals surface area (Å²) in [6.07, 6.45) is 3.94. The van der Waals surface area contributed by atoms with E-state index < -0.39 is 0 Å². The molecule has 0 bridgehead atoms. The van der Waals surface area contributed by atoms with Gasteiger partial charge in [-0.2, -0.15) is 27.7 Å². The van der Waals surface area contributed by atoms with Gasteiger partial charge in [-0.25, -0.2) is 0 Å². The van der Waals surface area contributed by atoms with Gasteiger partial charge >= 0.3 is 21.7 Å². The molecule has 120 valence electrons. The van der Waals surface area contributed by atoms with Crippen LogP contribution in [0, 0.1) is 26.7 Å². The third-order valence-corrected chi connectivity index (χ3v) is 0.892. The second-order valence-corrected chi connectivity index (χ2v) is 3.99. The first kappa shape index (κ1) is 32.2. The molecule has 0 aliphatic heterocycles. The summed E-state index contributed by atoms with van der Waals surface area (Å²) >= 11 is 0. The first-order chi connectivity index (χ1) is 9.08. The summed E-state index contributed by atoms with van der Waals surface area (Å²) < 4.78 is 0. The van der Waals surface area contributed by atoms with Crippen molar-refractivity contribution in [2.24, 2.45) is 0 Å². The van der Waals surface area contributed by atoms with Crippen LogP contribution in [0.5, 0.6) is 0 Å². The summed E-state index contributed by atoms with van der Waals surface area (Å²) in [5, 5.41) is 0. The van der Waals surface area contributed by atoms with Gasteiger partial charge in [-0.3, -0.25) is 9.59 Å². The fourth-order valence-corrected chi connectivity index (χ4v) is 0.555. The molecule has 0 saturated heterocycles. The largest absolute Gasteiger partial charge is 4.00 e. The van der Waals surface area contributed by atoms with Crippen LogP contribution in [0.4, 0.5) is 0 Å². The topological polar surface area (TPSA) is 68.3 Å². The molecule has 0 unspecified atom stereocenters. The molecule has 4 nitrogen and oxygen atoms in total. The molecule has 0 saturated carbocycles. The van der Waals surface area contributed by atoms with Crippen molar-refractivity contribution >= 4 is 23.1 Å². The quantitative estimate of drug-likeness (QED) is 0.450. The van der Waals surface area contributed by atoms with E-state index in [1.54, 1.807) is 0 Å². The van der Waals surface area contributed by atoms with E-state index in [1.807, 2.05) is 40.5 Å². The van der Waals surface area contributed by atoms with Crippen molar-refractivity contribution in [3.63, 3.8) is 0 Å². The van der Waals surface area contributed by atoms with Crippen LogP contribution in [0.2, 0.25) is 0 Å². The summed E-state index contributed by atoms with van der Waals surface area (Å²) in [6, 6.07) is 0. The minimum Gasteiger partial charge on any atom is -0.339 e. The van der Waals surface area contributed by atoms with Crippen molar-refractivity contribution in [1.82, 2.24) is 0 Å². The number of hydrogen-bond donors (Lipinski definition) is 0. The SMILES string of the molecule is C[CH-]C.C[CH-]C.[CH2-]C(=O)CC(C)=O.[CH2-]C(=O)CC(C)=O.[Ti+4]. The normalized spacial score (nSPS) is 7.14. The van der Waals surface area contributed by atoms with E-state index in [-0.39, 0.29) is 57.7 Å². The van der Waals surface area contributed by atoms with Crippen LogP contribution in [0.15, 0.2) is 0 Å². The maximum absolute atomic E-state index is 9.99. The van der Waals surface area contributed by atoms with Gasteiger partial charge in [0.2, 0.25) is 0 Å². The molecular formula is C16H28O4Ti. The number of carbonyl (C=O) groups is 4. The summed E-state index contributed by atoms with van der Waals surface area (Å²) in [4.78, 5) is 39.8. The fourth-order valence-electron chi connectivity index (χ4n) is 0.555. The standard InChI is InChI=1S/2C5H7O2.2C3H7.Ti/c2*1-4(6)3-5(2)7;2*1-3-2;/h2*1,3H2,2H3;2*3H,1-2H3;/q4*-1;+4. The van der Waals surface area contributed by atoms with Crippen molar-refractivity contribution in [1.29, 1.82) is 0 Å². The number of Topliss-reactive ketones (excluding diaryl/α,β-unsaturated/α-hetero) is 4. The minimum absolute atomic E-state index is 0. The van der Waals surface area contributed by atoms with Gasteiger partial charge in [-0.05, 0) is 13.8 Å². The Kier molecular flexibility index (Phi) is 42.1. The van der Waals surface area contributed by atoms with Gasteiger partial charge in [0.15, 0.2) is 0 Å². The smallest absolute Gasteiger partial charge is 0.339 e. The van der Waals surface area contributed by atoms with Gasteiger partial charge in [-0.15, -0.1) is 0 Å². The molecule has 0 fully saturated rings. The van der Waals surface area contributed by atoms with E-state index >= 15 is 0 Å². The first-order valence-corrected chi connectivity index (χ1v) is 6.25. The van der Waals surface area contributed by atoms with Crippen molar-refractivity contribution in [3.8, 4) is 0 Å². The van der Waals surface area contributed by atoms with E-state index in [0.717, 1.165) is 0 Å². The van der Waals surface area contributed by atoms with Gasteiger partial charge in [0.25, 0.3) is 0 Å². The Hall–Kier alpha value is -0.866. The Bertz CT molecular complexity index is 221. The molecule has 0 aromatic rings. The van der Waals surface area contributed by atoms with Gasteiger partial charge in [-0.1, -0.05) is 0 Å². The number of carbonyl (C=O) groups excluding carboxylic acids is 4. The Labute approximate surface area is 145 Å². The molecular weight excluding hydrogens is 304 g/mol. The van der Waals surface area contributed by atoms with E-state index in [2.05, 4.69) is 13.8 Å². The van der Waals surface area contributed by atoms with Crippen LogP contribution >= 0.6 is 0 Å². The summed E-state index contributed by atoms with van der Waals surface area (Å²) in [6.45, 7) is 16.8. The average Bonchev–Trinajstić information content (AvgIpc) is 2.15. The molecule has 0 rings (SSSR count). The predicted octanol–water partition coefficient (Wildman–Crippen LogP) is 3.20. The summed E-state index contributed by atoms with van der Waals surface area (Å²) in [7, 11) is 0. The van der Waals surface area contributed by atoms with Gasteiger partial charge in [0.05, 0.1) is 0 Å². The zero-order chi connectivity index (χ0) is 17.1. The second kappa shape index (κ2) is 27.5. The average molecular weight is 332 g/mol. The van der Waals surface area contributed by atoms with Crippen molar-refractivity contribution in [2.45, 2.75) is 54.4 Å². The monoisotopic (exact) mass is 332 g/mol. The molecule has 0 N–H and O–H groups in total. The van der Waals surface area contributed by atoms with Crippen molar-refractivity contribution in [3.05, 3.63) is 26.7 Å². The van der Waals surface area contributed by atoms with Gasteiger partial charge in [0, 0.05) is 24.4 Å². The van der Waals surface area contributed by atoms with Crippen LogP contribution in [0.1, 0.15) is 54.4 Å². The third-order valence-electron chi connectivity index (χ3n) is 0.892. The van der Waals surface area contributed by atoms with Crippen LogP contribution in [-0.4, -0.2) is 23.1 Å². The maximum atomic E-state index is 9.99. The molecule has 0 amide bonds. The molecule has 0 atom stereocenters. The predicted molar refractivity (Wildman–Crippen MR) is 82.6 cm³/mol. The van der Waals surface area contributed by atoms with Crippen LogP contribution < -0.4 is 0 Å². The Morgan fingerprint density at radius 1 is 0.714 bits per heavy atom. The summed E-state index contributed by atoms with van der Waals surface area (Å²) in [5.41, 5.74) is 0. The van der Waals surface area contributed by atoms with E-state index in [0.29, 0.717) is 0 Å². The molecule has 0 aromatic carbocycles. The van der Waals surface area contributed by atoms with E-state index in [1.165, 1.54) is 13.8 Å². The molecule has 0 spiro atoms. The maximum Gasteiger partial charge on any atom is 4.00 e. The molecule has 0 aliphatic rings. The molecule has 21 heavy (non-hydrogen) atoms. The van der Waals surface area contributed by atoms with Crippen LogP contribution in [0.25, 0.3) is 0 Å². The first-order valence-electron chi connectivity index (χ1n) is 6.25. The van der Waals surface area contributed by atoms with Gasteiger partial charge < -0.3 is 36.3 Å².